The number of nitrogens with zero attached hydrogens (tertiary/aromatic N) is 1. The highest BCUT2D eigenvalue weighted by molar-refractivity contribution is 5.14. The van der Waals surface area contributed by atoms with Crippen molar-refractivity contribution in [3.05, 3.63) is 35.9 Å². The van der Waals surface area contributed by atoms with Gasteiger partial charge in [0.15, 0.2) is 0 Å². The third-order valence-electron chi connectivity index (χ3n) is 2.96. The molecule has 0 saturated heterocycles. The lowest BCUT2D eigenvalue weighted by Crippen LogP contribution is -2.30. The number of benzene rings is 1. The minimum absolute atomic E-state index is 0.627. The van der Waals surface area contributed by atoms with Crippen molar-refractivity contribution in [1.29, 1.82) is 0 Å². The van der Waals surface area contributed by atoms with Crippen LogP contribution in [0.3, 0.4) is 0 Å². The van der Waals surface area contributed by atoms with Gasteiger partial charge in [0, 0.05) is 6.04 Å². The molecule has 1 aromatic rings. The Labute approximate surface area is 99.7 Å². The van der Waals surface area contributed by atoms with E-state index in [-0.39, 0.29) is 0 Å². The van der Waals surface area contributed by atoms with E-state index in [0.29, 0.717) is 6.04 Å². The third-order valence-corrected chi connectivity index (χ3v) is 2.96. The number of rotatable bonds is 7. The van der Waals surface area contributed by atoms with Crippen molar-refractivity contribution in [2.24, 2.45) is 0 Å². The normalized spacial score (nSPS) is 13.0. The quantitative estimate of drug-likeness (QED) is 0.757. The number of nitrogens with one attached hydrogen (secondary N) is 1. The minimum Gasteiger partial charge on any atom is -0.317 e. The van der Waals surface area contributed by atoms with Crippen LogP contribution in [-0.4, -0.2) is 38.6 Å². The Bertz CT molecular complexity index is 269. The molecule has 0 bridgehead atoms. The predicted molar refractivity (Wildman–Crippen MR) is 70.8 cm³/mol. The molecule has 1 aromatic carbocycles. The van der Waals surface area contributed by atoms with E-state index in [1.807, 2.05) is 0 Å². The van der Waals surface area contributed by atoms with Crippen LogP contribution in [0.4, 0.5) is 0 Å². The zero-order valence-corrected chi connectivity index (χ0v) is 10.7. The van der Waals surface area contributed by atoms with Gasteiger partial charge in [-0.2, -0.15) is 0 Å². The van der Waals surface area contributed by atoms with Crippen molar-refractivity contribution >= 4 is 0 Å². The second-order valence-corrected chi connectivity index (χ2v) is 4.60. The van der Waals surface area contributed by atoms with Gasteiger partial charge in [-0.1, -0.05) is 30.3 Å². The Morgan fingerprint density at radius 1 is 1.12 bits per heavy atom. The van der Waals surface area contributed by atoms with Crippen molar-refractivity contribution in [2.75, 3.05) is 27.7 Å². The summed E-state index contributed by atoms with van der Waals surface area (Å²) in [6, 6.07) is 11.3. The first-order valence-electron chi connectivity index (χ1n) is 6.08. The SMILES string of the molecule is CNC(CCc1ccccc1)CCN(C)C. The number of aryl methyl sites for hydroxylation is 1. The fraction of sp³-hybridized carbons (Fsp3) is 0.571. The molecule has 2 nitrogen and oxygen atoms in total. The van der Waals surface area contributed by atoms with Gasteiger partial charge >= 0.3 is 0 Å². The molecule has 16 heavy (non-hydrogen) atoms. The summed E-state index contributed by atoms with van der Waals surface area (Å²) in [5, 5.41) is 3.40. The topological polar surface area (TPSA) is 15.3 Å². The molecule has 0 heterocycles. The zero-order valence-electron chi connectivity index (χ0n) is 10.7. The lowest BCUT2D eigenvalue weighted by molar-refractivity contribution is 0.357. The maximum Gasteiger partial charge on any atom is 0.00794 e. The zero-order chi connectivity index (χ0) is 11.8. The van der Waals surface area contributed by atoms with Gasteiger partial charge in [-0.25, -0.2) is 0 Å². The Kier molecular flexibility index (Phi) is 6.12. The minimum atomic E-state index is 0.627. The van der Waals surface area contributed by atoms with Crippen LogP contribution in [0.1, 0.15) is 18.4 Å². The fourth-order valence-corrected chi connectivity index (χ4v) is 1.83. The number of hydrogen-bond donors (Lipinski definition) is 1. The lowest BCUT2D eigenvalue weighted by atomic mass is 10.0. The van der Waals surface area contributed by atoms with E-state index < -0.39 is 0 Å². The molecule has 0 aliphatic heterocycles. The second kappa shape index (κ2) is 7.42. The first kappa shape index (κ1) is 13.2. The van der Waals surface area contributed by atoms with Crippen LogP contribution in [0, 0.1) is 0 Å². The number of hydrogen-bond acceptors (Lipinski definition) is 2. The van der Waals surface area contributed by atoms with Crippen LogP contribution >= 0.6 is 0 Å². The standard InChI is InChI=1S/C14H24N2/c1-15-14(11-12-16(2)3)10-9-13-7-5-4-6-8-13/h4-8,14-15H,9-12H2,1-3H3. The Morgan fingerprint density at radius 3 is 2.38 bits per heavy atom. The Balaban J connectivity index is 2.28. The highest BCUT2D eigenvalue weighted by Gasteiger charge is 2.06. The molecule has 0 fully saturated rings. The van der Waals surface area contributed by atoms with Gasteiger partial charge < -0.3 is 10.2 Å². The molecule has 1 atom stereocenters. The van der Waals surface area contributed by atoms with Crippen molar-refractivity contribution in [3.8, 4) is 0 Å². The summed E-state index contributed by atoms with van der Waals surface area (Å²) in [5.74, 6) is 0. The molecule has 90 valence electrons. The smallest absolute Gasteiger partial charge is 0.00794 e. The van der Waals surface area contributed by atoms with Crippen LogP contribution < -0.4 is 5.32 Å². The summed E-state index contributed by atoms with van der Waals surface area (Å²) in [6.45, 7) is 1.15. The van der Waals surface area contributed by atoms with Crippen molar-refractivity contribution in [2.45, 2.75) is 25.3 Å². The summed E-state index contributed by atoms with van der Waals surface area (Å²) >= 11 is 0. The second-order valence-electron chi connectivity index (χ2n) is 4.60. The van der Waals surface area contributed by atoms with Crippen LogP contribution in [0.25, 0.3) is 0 Å². The molecule has 0 aliphatic rings. The Morgan fingerprint density at radius 2 is 1.81 bits per heavy atom. The van der Waals surface area contributed by atoms with Crippen LogP contribution in [-0.2, 0) is 6.42 Å². The van der Waals surface area contributed by atoms with E-state index in [1.165, 1.54) is 24.8 Å². The van der Waals surface area contributed by atoms with E-state index in [0.717, 1.165) is 6.54 Å². The molecule has 0 aromatic heterocycles. The van der Waals surface area contributed by atoms with Gasteiger partial charge in [0.2, 0.25) is 0 Å². The van der Waals surface area contributed by atoms with Gasteiger partial charge in [0.1, 0.15) is 0 Å². The van der Waals surface area contributed by atoms with E-state index in [2.05, 4.69) is 61.7 Å². The summed E-state index contributed by atoms with van der Waals surface area (Å²) in [4.78, 5) is 2.24. The first-order valence-corrected chi connectivity index (χ1v) is 6.08. The summed E-state index contributed by atoms with van der Waals surface area (Å²) in [5.41, 5.74) is 1.44. The molecule has 0 saturated carbocycles. The first-order chi connectivity index (χ1) is 7.72. The van der Waals surface area contributed by atoms with Gasteiger partial charge in [-0.3, -0.25) is 0 Å². The van der Waals surface area contributed by atoms with E-state index in [9.17, 15) is 0 Å². The average molecular weight is 220 g/mol. The molecule has 2 heteroatoms. The molecule has 1 rings (SSSR count). The monoisotopic (exact) mass is 220 g/mol. The molecular formula is C14H24N2. The highest BCUT2D eigenvalue weighted by Crippen LogP contribution is 2.07. The Hall–Kier alpha value is -0.860. The molecular weight excluding hydrogens is 196 g/mol. The molecule has 1 unspecified atom stereocenters. The van der Waals surface area contributed by atoms with Gasteiger partial charge in [0.25, 0.3) is 0 Å². The van der Waals surface area contributed by atoms with E-state index in [4.69, 9.17) is 0 Å². The maximum absolute atomic E-state index is 3.40. The summed E-state index contributed by atoms with van der Waals surface area (Å²) in [7, 11) is 6.32. The van der Waals surface area contributed by atoms with Crippen LogP contribution in [0.5, 0.6) is 0 Å². The largest absolute Gasteiger partial charge is 0.317 e. The third kappa shape index (κ3) is 5.29. The van der Waals surface area contributed by atoms with Gasteiger partial charge in [-0.15, -0.1) is 0 Å². The average Bonchev–Trinajstić information content (AvgIpc) is 2.30. The lowest BCUT2D eigenvalue weighted by Gasteiger charge is -2.18. The molecule has 0 aliphatic carbocycles. The van der Waals surface area contributed by atoms with Gasteiger partial charge in [-0.05, 0) is 52.5 Å². The van der Waals surface area contributed by atoms with Crippen LogP contribution in [0.15, 0.2) is 30.3 Å². The summed E-state index contributed by atoms with van der Waals surface area (Å²) in [6.07, 6.45) is 3.60. The van der Waals surface area contributed by atoms with E-state index in [1.54, 1.807) is 0 Å². The van der Waals surface area contributed by atoms with E-state index >= 15 is 0 Å². The fourth-order valence-electron chi connectivity index (χ4n) is 1.83. The van der Waals surface area contributed by atoms with Crippen LogP contribution in [0.2, 0.25) is 0 Å². The van der Waals surface area contributed by atoms with Crippen molar-refractivity contribution in [3.63, 3.8) is 0 Å². The highest BCUT2D eigenvalue weighted by atomic mass is 15.1. The summed E-state index contributed by atoms with van der Waals surface area (Å²) < 4.78 is 0. The molecule has 1 N–H and O–H groups in total. The predicted octanol–water partition coefficient (Wildman–Crippen LogP) is 2.16. The van der Waals surface area contributed by atoms with Crippen molar-refractivity contribution in [1.82, 2.24) is 10.2 Å². The molecule has 0 amide bonds. The van der Waals surface area contributed by atoms with Crippen molar-refractivity contribution < 1.29 is 0 Å². The molecule has 0 radical (unpaired) electrons. The van der Waals surface area contributed by atoms with Gasteiger partial charge in [0.05, 0.1) is 0 Å². The maximum atomic E-state index is 3.40. The molecule has 0 spiro atoms.